The highest BCUT2D eigenvalue weighted by atomic mass is 15.2. The molecule has 4 heteroatoms. The molecule has 1 aliphatic rings. The van der Waals surface area contributed by atoms with Gasteiger partial charge in [0.15, 0.2) is 0 Å². The summed E-state index contributed by atoms with van der Waals surface area (Å²) in [7, 11) is 0. The summed E-state index contributed by atoms with van der Waals surface area (Å²) in [6.07, 6.45) is 5.19. The van der Waals surface area contributed by atoms with E-state index in [1.54, 1.807) is 6.33 Å². The van der Waals surface area contributed by atoms with Crippen molar-refractivity contribution in [1.29, 1.82) is 0 Å². The molecule has 0 radical (unpaired) electrons. The molecular formula is C16H28N4. The van der Waals surface area contributed by atoms with Crippen molar-refractivity contribution in [1.82, 2.24) is 9.97 Å². The van der Waals surface area contributed by atoms with Gasteiger partial charge >= 0.3 is 0 Å². The maximum Gasteiger partial charge on any atom is 0.137 e. The Labute approximate surface area is 123 Å². The minimum Gasteiger partial charge on any atom is -0.370 e. The molecule has 0 spiro atoms. The van der Waals surface area contributed by atoms with Crippen LogP contribution < -0.4 is 10.2 Å². The van der Waals surface area contributed by atoms with E-state index in [0.29, 0.717) is 0 Å². The minimum absolute atomic E-state index is 0.741. The normalized spacial score (nSPS) is 22.9. The molecule has 2 atom stereocenters. The Kier molecular flexibility index (Phi) is 5.21. The zero-order valence-corrected chi connectivity index (χ0v) is 13.3. The van der Waals surface area contributed by atoms with Gasteiger partial charge in [-0.1, -0.05) is 27.2 Å². The monoisotopic (exact) mass is 276 g/mol. The maximum absolute atomic E-state index is 4.61. The van der Waals surface area contributed by atoms with E-state index in [4.69, 9.17) is 0 Å². The first kappa shape index (κ1) is 15.1. The fraction of sp³-hybridized carbons (Fsp3) is 0.750. The summed E-state index contributed by atoms with van der Waals surface area (Å²) in [4.78, 5) is 11.5. The van der Waals surface area contributed by atoms with Crippen LogP contribution in [0.4, 0.5) is 11.6 Å². The van der Waals surface area contributed by atoms with Crippen molar-refractivity contribution in [3.8, 4) is 0 Å². The molecule has 2 rings (SSSR count). The van der Waals surface area contributed by atoms with Crippen LogP contribution in [0.2, 0.25) is 0 Å². The second-order valence-electron chi connectivity index (χ2n) is 6.16. The first-order chi connectivity index (χ1) is 9.65. The molecule has 1 saturated heterocycles. The van der Waals surface area contributed by atoms with Gasteiger partial charge in [-0.2, -0.15) is 0 Å². The van der Waals surface area contributed by atoms with Crippen molar-refractivity contribution in [3.05, 3.63) is 11.9 Å². The number of hydrogen-bond donors (Lipinski definition) is 1. The molecule has 4 nitrogen and oxygen atoms in total. The molecule has 2 heterocycles. The fourth-order valence-corrected chi connectivity index (χ4v) is 3.31. The van der Waals surface area contributed by atoms with Gasteiger partial charge in [0.05, 0.1) is 0 Å². The van der Waals surface area contributed by atoms with Crippen LogP contribution in [0.3, 0.4) is 0 Å². The van der Waals surface area contributed by atoms with Crippen molar-refractivity contribution in [3.63, 3.8) is 0 Å². The van der Waals surface area contributed by atoms with Crippen molar-refractivity contribution in [2.45, 2.75) is 47.0 Å². The molecule has 1 aliphatic heterocycles. The number of piperidine rings is 1. The molecule has 1 N–H and O–H groups in total. The van der Waals surface area contributed by atoms with E-state index in [2.05, 4.69) is 47.9 Å². The van der Waals surface area contributed by atoms with Crippen LogP contribution in [0.15, 0.2) is 6.33 Å². The molecule has 1 aromatic rings. The largest absolute Gasteiger partial charge is 0.370 e. The number of nitrogens with one attached hydrogen (secondary N) is 1. The Hall–Kier alpha value is -1.32. The first-order valence-electron chi connectivity index (χ1n) is 7.98. The fourth-order valence-electron chi connectivity index (χ4n) is 3.31. The highest BCUT2D eigenvalue weighted by Gasteiger charge is 2.25. The SMILES string of the molecule is CCCc1c(NCC)ncnc1N1CC(C)CC(C)C1. The van der Waals surface area contributed by atoms with E-state index >= 15 is 0 Å². The number of rotatable bonds is 5. The Morgan fingerprint density at radius 2 is 1.90 bits per heavy atom. The highest BCUT2D eigenvalue weighted by Crippen LogP contribution is 2.30. The van der Waals surface area contributed by atoms with E-state index in [-0.39, 0.29) is 0 Å². The van der Waals surface area contributed by atoms with Crippen LogP contribution in [0.1, 0.15) is 46.1 Å². The maximum atomic E-state index is 4.61. The van der Waals surface area contributed by atoms with Crippen LogP contribution in [0.25, 0.3) is 0 Å². The van der Waals surface area contributed by atoms with Gasteiger partial charge in [-0.05, 0) is 31.6 Å². The summed E-state index contributed by atoms with van der Waals surface area (Å²) in [5, 5.41) is 3.39. The van der Waals surface area contributed by atoms with Gasteiger partial charge in [-0.15, -0.1) is 0 Å². The van der Waals surface area contributed by atoms with Crippen molar-refractivity contribution >= 4 is 11.6 Å². The van der Waals surface area contributed by atoms with Crippen LogP contribution in [0, 0.1) is 11.8 Å². The quantitative estimate of drug-likeness (QED) is 0.895. The van der Waals surface area contributed by atoms with Crippen LogP contribution in [-0.2, 0) is 6.42 Å². The van der Waals surface area contributed by atoms with E-state index in [1.165, 1.54) is 12.0 Å². The summed E-state index contributed by atoms with van der Waals surface area (Å²) in [5.74, 6) is 3.65. The van der Waals surface area contributed by atoms with Gasteiger partial charge in [0.1, 0.15) is 18.0 Å². The topological polar surface area (TPSA) is 41.1 Å². The van der Waals surface area contributed by atoms with Gasteiger partial charge in [-0.25, -0.2) is 9.97 Å². The zero-order chi connectivity index (χ0) is 14.5. The van der Waals surface area contributed by atoms with Gasteiger partial charge < -0.3 is 10.2 Å². The molecule has 0 saturated carbocycles. The molecular weight excluding hydrogens is 248 g/mol. The Bertz CT molecular complexity index is 422. The van der Waals surface area contributed by atoms with Crippen LogP contribution in [0.5, 0.6) is 0 Å². The van der Waals surface area contributed by atoms with E-state index in [9.17, 15) is 0 Å². The molecule has 1 fully saturated rings. The van der Waals surface area contributed by atoms with E-state index < -0.39 is 0 Å². The number of hydrogen-bond acceptors (Lipinski definition) is 4. The molecule has 0 aromatic carbocycles. The lowest BCUT2D eigenvalue weighted by atomic mass is 9.91. The molecule has 112 valence electrons. The predicted molar refractivity (Wildman–Crippen MR) is 85.3 cm³/mol. The summed E-state index contributed by atoms with van der Waals surface area (Å²) < 4.78 is 0. The Balaban J connectivity index is 2.31. The number of anilines is 2. The third kappa shape index (κ3) is 3.41. The van der Waals surface area contributed by atoms with Crippen molar-refractivity contribution in [2.24, 2.45) is 11.8 Å². The second-order valence-corrected chi connectivity index (χ2v) is 6.16. The number of aromatic nitrogens is 2. The first-order valence-corrected chi connectivity index (χ1v) is 7.98. The van der Waals surface area contributed by atoms with Crippen LogP contribution >= 0.6 is 0 Å². The van der Waals surface area contributed by atoms with Crippen LogP contribution in [-0.4, -0.2) is 29.6 Å². The average molecular weight is 276 g/mol. The van der Waals surface area contributed by atoms with Crippen molar-refractivity contribution in [2.75, 3.05) is 29.9 Å². The molecule has 0 aliphatic carbocycles. The predicted octanol–water partition coefficient (Wildman–Crippen LogP) is 3.34. The summed E-state index contributed by atoms with van der Waals surface area (Å²) in [6.45, 7) is 12.1. The van der Waals surface area contributed by atoms with Gasteiger partial charge in [-0.3, -0.25) is 0 Å². The molecule has 20 heavy (non-hydrogen) atoms. The Morgan fingerprint density at radius 3 is 2.50 bits per heavy atom. The third-order valence-electron chi connectivity index (χ3n) is 3.94. The van der Waals surface area contributed by atoms with Gasteiger partial charge in [0, 0.05) is 25.2 Å². The molecule has 1 aromatic heterocycles. The molecule has 2 unspecified atom stereocenters. The van der Waals surface area contributed by atoms with E-state index in [0.717, 1.165) is 55.9 Å². The molecule has 0 bridgehead atoms. The van der Waals surface area contributed by atoms with Gasteiger partial charge in [0.2, 0.25) is 0 Å². The Morgan fingerprint density at radius 1 is 1.20 bits per heavy atom. The standard InChI is InChI=1S/C16H28N4/c1-5-7-14-15(17-6-2)18-11-19-16(14)20-9-12(3)8-13(4)10-20/h11-13H,5-10H2,1-4H3,(H,17,18,19). The number of nitrogens with zero attached hydrogens (tertiary/aromatic N) is 3. The summed E-state index contributed by atoms with van der Waals surface area (Å²) in [6, 6.07) is 0. The summed E-state index contributed by atoms with van der Waals surface area (Å²) >= 11 is 0. The minimum atomic E-state index is 0.741. The van der Waals surface area contributed by atoms with Gasteiger partial charge in [0.25, 0.3) is 0 Å². The zero-order valence-electron chi connectivity index (χ0n) is 13.3. The summed E-state index contributed by atoms with van der Waals surface area (Å²) in [5.41, 5.74) is 1.29. The lowest BCUT2D eigenvalue weighted by Crippen LogP contribution is -2.39. The second kappa shape index (κ2) is 6.91. The lowest BCUT2D eigenvalue weighted by molar-refractivity contribution is 0.355. The van der Waals surface area contributed by atoms with E-state index in [1.807, 2.05) is 0 Å². The highest BCUT2D eigenvalue weighted by molar-refractivity contribution is 5.59. The lowest BCUT2D eigenvalue weighted by Gasteiger charge is -2.37. The third-order valence-corrected chi connectivity index (χ3v) is 3.94. The average Bonchev–Trinajstić information content (AvgIpc) is 2.40. The smallest absolute Gasteiger partial charge is 0.137 e. The molecule has 0 amide bonds. The van der Waals surface area contributed by atoms with Crippen molar-refractivity contribution < 1.29 is 0 Å².